The summed E-state index contributed by atoms with van der Waals surface area (Å²) >= 11 is 3.44. The number of rotatable bonds is 6. The molecule has 29 heavy (non-hydrogen) atoms. The first-order chi connectivity index (χ1) is 13.8. The Hall–Kier alpha value is -2.67. The molecule has 7 heteroatoms. The van der Waals surface area contributed by atoms with E-state index >= 15 is 0 Å². The second kappa shape index (κ2) is 8.78. The molecule has 0 atom stereocenters. The summed E-state index contributed by atoms with van der Waals surface area (Å²) in [6.45, 7) is 6.29. The van der Waals surface area contributed by atoms with Gasteiger partial charge in [-0.1, -0.05) is 47.1 Å². The number of nitrogens with zero attached hydrogens (tertiary/aromatic N) is 3. The summed E-state index contributed by atoms with van der Waals surface area (Å²) in [6.07, 6.45) is 0. The fourth-order valence-corrected chi connectivity index (χ4v) is 3.50. The fraction of sp³-hybridized carbons (Fsp3) is 0.318. The molecule has 0 spiro atoms. The van der Waals surface area contributed by atoms with Crippen molar-refractivity contribution in [1.82, 2.24) is 15.0 Å². The van der Waals surface area contributed by atoms with Crippen LogP contribution in [0, 0.1) is 6.92 Å². The molecule has 0 saturated carbocycles. The topological polar surface area (TPSA) is 68.5 Å². The molecule has 6 nitrogen and oxygen atoms in total. The summed E-state index contributed by atoms with van der Waals surface area (Å²) in [5, 5.41) is 4.03. The first-order valence-corrected chi connectivity index (χ1v) is 10.1. The maximum absolute atomic E-state index is 13.1. The molecule has 1 amide bonds. The van der Waals surface area contributed by atoms with Crippen LogP contribution >= 0.6 is 15.9 Å². The van der Waals surface area contributed by atoms with Gasteiger partial charge in [0.1, 0.15) is 5.75 Å². The predicted octanol–water partition coefficient (Wildman–Crippen LogP) is 5.21. The first-order valence-electron chi connectivity index (χ1n) is 9.32. The molecule has 3 rings (SSSR count). The number of hydrogen-bond acceptors (Lipinski definition) is 5. The van der Waals surface area contributed by atoms with Crippen molar-refractivity contribution in [2.45, 2.75) is 33.2 Å². The fourth-order valence-electron chi connectivity index (χ4n) is 3.10. The summed E-state index contributed by atoms with van der Waals surface area (Å²) in [5.41, 5.74) is 3.35. The number of aromatic nitrogens is 2. The Labute approximate surface area is 179 Å². The minimum absolute atomic E-state index is 0.103. The van der Waals surface area contributed by atoms with Crippen LogP contribution in [0.2, 0.25) is 0 Å². The van der Waals surface area contributed by atoms with Crippen LogP contribution in [0.25, 0.3) is 11.4 Å². The molecular weight excluding hydrogens is 434 g/mol. The van der Waals surface area contributed by atoms with Gasteiger partial charge in [0.2, 0.25) is 11.7 Å². The monoisotopic (exact) mass is 457 g/mol. The third kappa shape index (κ3) is 4.67. The normalized spacial score (nSPS) is 11.0. The van der Waals surface area contributed by atoms with Gasteiger partial charge in [0.15, 0.2) is 0 Å². The Kier molecular flexibility index (Phi) is 6.37. The number of carbonyl (C=O) groups excluding carboxylic acids is 1. The van der Waals surface area contributed by atoms with Gasteiger partial charge in [-0.2, -0.15) is 4.98 Å². The lowest BCUT2D eigenvalue weighted by molar-refractivity contribution is 0.0768. The molecule has 0 fully saturated rings. The Morgan fingerprint density at radius 3 is 2.69 bits per heavy atom. The lowest BCUT2D eigenvalue weighted by Gasteiger charge is -2.19. The summed E-state index contributed by atoms with van der Waals surface area (Å²) in [5.74, 6) is 1.81. The van der Waals surface area contributed by atoms with E-state index < -0.39 is 0 Å². The summed E-state index contributed by atoms with van der Waals surface area (Å²) in [7, 11) is 3.37. The van der Waals surface area contributed by atoms with E-state index in [-0.39, 0.29) is 18.4 Å². The van der Waals surface area contributed by atoms with Gasteiger partial charge in [-0.3, -0.25) is 4.79 Å². The molecular formula is C22H24BrN3O3. The van der Waals surface area contributed by atoms with Crippen LogP contribution in [0.4, 0.5) is 0 Å². The number of hydrogen-bond donors (Lipinski definition) is 0. The predicted molar refractivity (Wildman–Crippen MR) is 115 cm³/mol. The third-order valence-electron chi connectivity index (χ3n) is 4.70. The zero-order valence-corrected chi connectivity index (χ0v) is 18.8. The van der Waals surface area contributed by atoms with Crippen molar-refractivity contribution in [1.29, 1.82) is 0 Å². The largest absolute Gasteiger partial charge is 0.496 e. The summed E-state index contributed by atoms with van der Waals surface area (Å²) < 4.78 is 11.8. The van der Waals surface area contributed by atoms with Crippen molar-refractivity contribution in [2.75, 3.05) is 14.2 Å². The summed E-state index contributed by atoms with van der Waals surface area (Å²) in [6, 6.07) is 11.5. The van der Waals surface area contributed by atoms with Gasteiger partial charge >= 0.3 is 0 Å². The van der Waals surface area contributed by atoms with Crippen molar-refractivity contribution in [3.8, 4) is 17.1 Å². The minimum atomic E-state index is -0.103. The minimum Gasteiger partial charge on any atom is -0.496 e. The van der Waals surface area contributed by atoms with Crippen LogP contribution < -0.4 is 4.74 Å². The van der Waals surface area contributed by atoms with Gasteiger partial charge in [-0.15, -0.1) is 0 Å². The van der Waals surface area contributed by atoms with Crippen molar-refractivity contribution in [2.24, 2.45) is 0 Å². The Morgan fingerprint density at radius 1 is 1.28 bits per heavy atom. The van der Waals surface area contributed by atoms with E-state index in [1.165, 1.54) is 0 Å². The maximum atomic E-state index is 13.1. The smallest absolute Gasteiger partial charge is 0.254 e. The van der Waals surface area contributed by atoms with Crippen LogP contribution in [0.5, 0.6) is 5.75 Å². The van der Waals surface area contributed by atoms with Crippen molar-refractivity contribution in [3.05, 3.63) is 63.5 Å². The molecule has 0 unspecified atom stereocenters. The van der Waals surface area contributed by atoms with E-state index in [4.69, 9.17) is 9.26 Å². The van der Waals surface area contributed by atoms with Crippen LogP contribution in [-0.4, -0.2) is 35.1 Å². The third-order valence-corrected chi connectivity index (χ3v) is 5.19. The lowest BCUT2D eigenvalue weighted by atomic mass is 9.96. The molecule has 2 aromatic carbocycles. The molecule has 0 N–H and O–H groups in total. The molecule has 0 radical (unpaired) electrons. The number of ether oxygens (including phenoxy) is 1. The zero-order chi connectivity index (χ0) is 21.1. The highest BCUT2D eigenvalue weighted by molar-refractivity contribution is 9.10. The molecule has 152 valence electrons. The van der Waals surface area contributed by atoms with E-state index in [1.54, 1.807) is 19.1 Å². The standard InChI is InChI=1S/C22H24BrN3O3/c1-13(2)17-11-18(14(3)9-19(17)28-5)22(27)26(4)12-20-24-21(25-29-20)15-7-6-8-16(23)10-15/h6-11,13H,12H2,1-5H3. The van der Waals surface area contributed by atoms with Crippen molar-refractivity contribution < 1.29 is 14.1 Å². The van der Waals surface area contributed by atoms with E-state index in [0.29, 0.717) is 17.3 Å². The average molecular weight is 458 g/mol. The van der Waals surface area contributed by atoms with Gasteiger partial charge in [-0.25, -0.2) is 0 Å². The molecule has 0 bridgehead atoms. The highest BCUT2D eigenvalue weighted by atomic mass is 79.9. The van der Waals surface area contributed by atoms with Crippen molar-refractivity contribution >= 4 is 21.8 Å². The number of methoxy groups -OCH3 is 1. The van der Waals surface area contributed by atoms with Crippen molar-refractivity contribution in [3.63, 3.8) is 0 Å². The highest BCUT2D eigenvalue weighted by Crippen LogP contribution is 2.30. The molecule has 1 aromatic heterocycles. The SMILES string of the molecule is COc1cc(C)c(C(=O)N(C)Cc2nc(-c3cccc(Br)c3)no2)cc1C(C)C. The second-order valence-corrected chi connectivity index (χ2v) is 8.16. The van der Waals surface area contributed by atoms with Crippen LogP contribution in [0.3, 0.4) is 0 Å². The number of benzene rings is 2. The van der Waals surface area contributed by atoms with E-state index in [0.717, 1.165) is 26.9 Å². The number of amides is 1. The van der Waals surface area contributed by atoms with E-state index in [9.17, 15) is 4.79 Å². The van der Waals surface area contributed by atoms with Crippen LogP contribution in [-0.2, 0) is 6.54 Å². The van der Waals surface area contributed by atoms with E-state index in [1.807, 2.05) is 43.3 Å². The molecule has 0 aliphatic heterocycles. The van der Waals surface area contributed by atoms with Gasteiger partial charge in [0, 0.05) is 22.6 Å². The summed E-state index contributed by atoms with van der Waals surface area (Å²) in [4.78, 5) is 19.1. The molecule has 0 aliphatic carbocycles. The number of aryl methyl sites for hydroxylation is 1. The first kappa shape index (κ1) is 21.0. The van der Waals surface area contributed by atoms with Gasteiger partial charge < -0.3 is 14.2 Å². The second-order valence-electron chi connectivity index (χ2n) is 7.25. The molecule has 3 aromatic rings. The quantitative estimate of drug-likeness (QED) is 0.507. The van der Waals surface area contributed by atoms with Gasteiger partial charge in [-0.05, 0) is 48.2 Å². The average Bonchev–Trinajstić information content (AvgIpc) is 3.15. The molecule has 0 aliphatic rings. The van der Waals surface area contributed by atoms with Gasteiger partial charge in [0.25, 0.3) is 5.91 Å². The highest BCUT2D eigenvalue weighted by Gasteiger charge is 2.20. The van der Waals surface area contributed by atoms with Crippen LogP contribution in [0.15, 0.2) is 45.4 Å². The van der Waals surface area contributed by atoms with Gasteiger partial charge in [0.05, 0.1) is 13.7 Å². The maximum Gasteiger partial charge on any atom is 0.254 e. The lowest BCUT2D eigenvalue weighted by Crippen LogP contribution is -2.27. The Morgan fingerprint density at radius 2 is 2.03 bits per heavy atom. The number of carbonyl (C=O) groups is 1. The Bertz CT molecular complexity index is 1030. The zero-order valence-electron chi connectivity index (χ0n) is 17.2. The molecule has 0 saturated heterocycles. The Balaban J connectivity index is 1.80. The van der Waals surface area contributed by atoms with Crippen LogP contribution in [0.1, 0.15) is 47.1 Å². The van der Waals surface area contributed by atoms with E-state index in [2.05, 4.69) is 39.9 Å². The molecule has 1 heterocycles. The number of halogens is 1.